The fourth-order valence-electron chi connectivity index (χ4n) is 2.31. The molecule has 3 rings (SSSR count). The van der Waals surface area contributed by atoms with Crippen LogP contribution in [0.2, 0.25) is 0 Å². The van der Waals surface area contributed by atoms with E-state index in [9.17, 15) is 14.0 Å². The van der Waals surface area contributed by atoms with Gasteiger partial charge in [-0.25, -0.2) is 9.37 Å². The van der Waals surface area contributed by atoms with Crippen molar-refractivity contribution in [3.8, 4) is 0 Å². The van der Waals surface area contributed by atoms with Crippen molar-refractivity contribution in [1.82, 2.24) is 14.3 Å². The van der Waals surface area contributed by atoms with Crippen LogP contribution in [0.5, 0.6) is 0 Å². The number of benzene rings is 1. The first kappa shape index (κ1) is 14.9. The minimum Gasteiger partial charge on any atom is -0.337 e. The van der Waals surface area contributed by atoms with Crippen molar-refractivity contribution >= 4 is 11.6 Å². The highest BCUT2D eigenvalue weighted by atomic mass is 19.1. The van der Waals surface area contributed by atoms with Crippen LogP contribution >= 0.6 is 0 Å². The lowest BCUT2D eigenvalue weighted by molar-refractivity contribution is 0.0782. The van der Waals surface area contributed by atoms with E-state index in [1.165, 1.54) is 27.6 Å². The Morgan fingerprint density at radius 3 is 2.70 bits per heavy atom. The van der Waals surface area contributed by atoms with Gasteiger partial charge >= 0.3 is 0 Å². The topological polar surface area (TPSA) is 54.7 Å². The Kier molecular flexibility index (Phi) is 3.89. The maximum absolute atomic E-state index is 12.9. The van der Waals surface area contributed by atoms with E-state index in [0.717, 1.165) is 5.56 Å². The molecule has 1 aromatic carbocycles. The van der Waals surface area contributed by atoms with Gasteiger partial charge in [0.1, 0.15) is 17.0 Å². The van der Waals surface area contributed by atoms with Crippen molar-refractivity contribution in [2.24, 2.45) is 0 Å². The number of hydrogen-bond acceptors (Lipinski definition) is 3. The largest absolute Gasteiger partial charge is 0.337 e. The van der Waals surface area contributed by atoms with Crippen molar-refractivity contribution in [3.63, 3.8) is 0 Å². The van der Waals surface area contributed by atoms with Crippen molar-refractivity contribution in [2.75, 3.05) is 7.05 Å². The molecule has 5 nitrogen and oxygen atoms in total. The number of pyridine rings is 1. The Morgan fingerprint density at radius 1 is 1.22 bits per heavy atom. The van der Waals surface area contributed by atoms with Gasteiger partial charge in [-0.15, -0.1) is 0 Å². The van der Waals surface area contributed by atoms with Crippen LogP contribution in [-0.2, 0) is 6.54 Å². The Morgan fingerprint density at radius 2 is 1.96 bits per heavy atom. The molecular weight excluding hydrogens is 297 g/mol. The summed E-state index contributed by atoms with van der Waals surface area (Å²) in [7, 11) is 1.59. The van der Waals surface area contributed by atoms with E-state index in [4.69, 9.17) is 0 Å². The molecule has 3 aromatic rings. The summed E-state index contributed by atoms with van der Waals surface area (Å²) < 4.78 is 14.2. The lowest BCUT2D eigenvalue weighted by Crippen LogP contribution is -2.32. The summed E-state index contributed by atoms with van der Waals surface area (Å²) in [6.45, 7) is 0.274. The summed E-state index contributed by atoms with van der Waals surface area (Å²) in [5.41, 5.74) is 0.844. The third-order valence-corrected chi connectivity index (χ3v) is 3.52. The van der Waals surface area contributed by atoms with Crippen LogP contribution in [0.25, 0.3) is 5.65 Å². The van der Waals surface area contributed by atoms with Crippen LogP contribution in [0, 0.1) is 5.82 Å². The van der Waals surface area contributed by atoms with Crippen LogP contribution in [0.4, 0.5) is 4.39 Å². The van der Waals surface area contributed by atoms with Crippen LogP contribution in [0.1, 0.15) is 15.9 Å². The predicted molar refractivity (Wildman–Crippen MR) is 83.7 cm³/mol. The first-order chi connectivity index (χ1) is 11.1. The van der Waals surface area contributed by atoms with Gasteiger partial charge in [-0.3, -0.25) is 14.0 Å². The van der Waals surface area contributed by atoms with Gasteiger partial charge < -0.3 is 4.90 Å². The molecule has 0 radical (unpaired) electrons. The van der Waals surface area contributed by atoms with Gasteiger partial charge in [0.05, 0.1) is 0 Å². The summed E-state index contributed by atoms with van der Waals surface area (Å²) in [6, 6.07) is 11.0. The maximum Gasteiger partial charge on any atom is 0.270 e. The zero-order chi connectivity index (χ0) is 16.4. The van der Waals surface area contributed by atoms with E-state index in [2.05, 4.69) is 4.98 Å². The fourth-order valence-corrected chi connectivity index (χ4v) is 2.31. The molecule has 0 aliphatic carbocycles. The monoisotopic (exact) mass is 311 g/mol. The average Bonchev–Trinajstić information content (AvgIpc) is 2.57. The van der Waals surface area contributed by atoms with Crippen molar-refractivity contribution in [2.45, 2.75) is 6.54 Å². The summed E-state index contributed by atoms with van der Waals surface area (Å²) in [6.07, 6.45) is 2.86. The summed E-state index contributed by atoms with van der Waals surface area (Å²) in [5.74, 6) is -0.759. The number of rotatable bonds is 3. The molecule has 2 aromatic heterocycles. The van der Waals surface area contributed by atoms with E-state index in [-0.39, 0.29) is 17.9 Å². The molecule has 0 N–H and O–H groups in total. The summed E-state index contributed by atoms with van der Waals surface area (Å²) in [5, 5.41) is 0. The number of hydrogen-bond donors (Lipinski definition) is 0. The highest BCUT2D eigenvalue weighted by Crippen LogP contribution is 2.08. The molecule has 0 saturated carbocycles. The average molecular weight is 311 g/mol. The molecule has 6 heteroatoms. The first-order valence-electron chi connectivity index (χ1n) is 7.02. The molecule has 0 atom stereocenters. The number of fused-ring (bicyclic) bond motifs is 1. The Balaban J connectivity index is 1.89. The molecule has 0 saturated heterocycles. The minimum absolute atomic E-state index is 0.00156. The molecule has 0 fully saturated rings. The minimum atomic E-state index is -0.426. The number of nitrogens with zero attached hydrogens (tertiary/aromatic N) is 3. The zero-order valence-electron chi connectivity index (χ0n) is 12.4. The Labute approximate surface area is 131 Å². The summed E-state index contributed by atoms with van der Waals surface area (Å²) in [4.78, 5) is 30.4. The Bertz CT molecular complexity index is 919. The van der Waals surface area contributed by atoms with E-state index in [1.807, 2.05) is 0 Å². The molecule has 0 aliphatic heterocycles. The molecule has 0 spiro atoms. The van der Waals surface area contributed by atoms with Crippen molar-refractivity contribution < 1.29 is 9.18 Å². The molecule has 116 valence electrons. The van der Waals surface area contributed by atoms with Gasteiger partial charge in [0.2, 0.25) is 0 Å². The second-order valence-electron chi connectivity index (χ2n) is 5.19. The quantitative estimate of drug-likeness (QED) is 0.744. The predicted octanol–water partition coefficient (Wildman–Crippen LogP) is 2.11. The lowest BCUT2D eigenvalue weighted by Gasteiger charge is -2.17. The standard InChI is InChI=1S/C17H14FN3O2/c1-20(11-12-5-7-13(18)8-6-12)16(22)14-10-19-15-4-2-3-9-21(15)17(14)23/h2-10H,11H2,1H3. The Hall–Kier alpha value is -3.02. The van der Waals surface area contributed by atoms with Gasteiger partial charge in [0.15, 0.2) is 0 Å². The third-order valence-electron chi connectivity index (χ3n) is 3.52. The molecule has 2 heterocycles. The zero-order valence-corrected chi connectivity index (χ0v) is 12.4. The van der Waals surface area contributed by atoms with Gasteiger partial charge in [-0.05, 0) is 29.8 Å². The third kappa shape index (κ3) is 2.96. The molecule has 23 heavy (non-hydrogen) atoms. The molecule has 1 amide bonds. The lowest BCUT2D eigenvalue weighted by atomic mass is 10.2. The highest BCUT2D eigenvalue weighted by molar-refractivity contribution is 5.93. The van der Waals surface area contributed by atoms with Crippen LogP contribution in [0.3, 0.4) is 0 Å². The van der Waals surface area contributed by atoms with Gasteiger partial charge in [0.25, 0.3) is 11.5 Å². The van der Waals surface area contributed by atoms with E-state index >= 15 is 0 Å². The molecule has 0 aliphatic rings. The van der Waals surface area contributed by atoms with Crippen LogP contribution < -0.4 is 5.56 Å². The number of halogens is 1. The van der Waals surface area contributed by atoms with Gasteiger partial charge in [-0.2, -0.15) is 0 Å². The molecule has 0 bridgehead atoms. The maximum atomic E-state index is 12.9. The number of carbonyl (C=O) groups is 1. The smallest absolute Gasteiger partial charge is 0.270 e. The number of amides is 1. The van der Waals surface area contributed by atoms with Gasteiger partial charge in [0, 0.05) is 26.0 Å². The van der Waals surface area contributed by atoms with Gasteiger partial charge in [-0.1, -0.05) is 18.2 Å². The van der Waals surface area contributed by atoms with E-state index in [0.29, 0.717) is 5.65 Å². The second-order valence-corrected chi connectivity index (χ2v) is 5.19. The number of carbonyl (C=O) groups excluding carboxylic acids is 1. The normalized spacial score (nSPS) is 10.7. The van der Waals surface area contributed by atoms with Crippen molar-refractivity contribution in [1.29, 1.82) is 0 Å². The van der Waals surface area contributed by atoms with Crippen LogP contribution in [-0.4, -0.2) is 27.2 Å². The molecular formula is C17H14FN3O2. The summed E-state index contributed by atoms with van der Waals surface area (Å²) >= 11 is 0. The van der Waals surface area contributed by atoms with E-state index < -0.39 is 11.5 Å². The highest BCUT2D eigenvalue weighted by Gasteiger charge is 2.17. The van der Waals surface area contributed by atoms with E-state index in [1.54, 1.807) is 43.6 Å². The molecule has 0 unspecified atom stereocenters. The van der Waals surface area contributed by atoms with Crippen molar-refractivity contribution in [3.05, 3.63) is 82.2 Å². The SMILES string of the molecule is CN(Cc1ccc(F)cc1)C(=O)c1cnc2ccccn2c1=O. The van der Waals surface area contributed by atoms with Crippen LogP contribution in [0.15, 0.2) is 59.7 Å². The second kappa shape index (κ2) is 6.00. The fraction of sp³-hybridized carbons (Fsp3) is 0.118. The first-order valence-corrected chi connectivity index (χ1v) is 7.02. The number of aromatic nitrogens is 2.